The maximum Gasteiger partial charge on any atom is 0.258 e. The van der Waals surface area contributed by atoms with Crippen molar-refractivity contribution in [3.8, 4) is 5.88 Å². The second-order valence-corrected chi connectivity index (χ2v) is 5.97. The summed E-state index contributed by atoms with van der Waals surface area (Å²) < 4.78 is 0. The van der Waals surface area contributed by atoms with Gasteiger partial charge in [0.25, 0.3) is 5.56 Å². The molecule has 4 heteroatoms. The third-order valence-corrected chi connectivity index (χ3v) is 4.40. The molecular formula is C21H16N2O2. The van der Waals surface area contributed by atoms with Gasteiger partial charge in [0.2, 0.25) is 5.88 Å². The van der Waals surface area contributed by atoms with Gasteiger partial charge in [-0.1, -0.05) is 48.5 Å². The molecule has 1 heterocycles. The maximum absolute atomic E-state index is 12.0. The zero-order valence-electron chi connectivity index (χ0n) is 13.7. The number of pyridine rings is 1. The third-order valence-electron chi connectivity index (χ3n) is 4.40. The first kappa shape index (κ1) is 15.1. The predicted octanol–water partition coefficient (Wildman–Crippen LogP) is 4.45. The van der Waals surface area contributed by atoms with Crippen LogP contribution in [0, 0.1) is 6.92 Å². The van der Waals surface area contributed by atoms with E-state index in [0.29, 0.717) is 16.3 Å². The highest BCUT2D eigenvalue weighted by Crippen LogP contribution is 2.29. The van der Waals surface area contributed by atoms with E-state index in [0.717, 1.165) is 16.5 Å². The van der Waals surface area contributed by atoms with Crippen molar-refractivity contribution in [2.75, 3.05) is 0 Å². The number of H-pyrrole nitrogens is 1. The van der Waals surface area contributed by atoms with Gasteiger partial charge >= 0.3 is 0 Å². The summed E-state index contributed by atoms with van der Waals surface area (Å²) in [6, 6.07) is 19.2. The van der Waals surface area contributed by atoms with Gasteiger partial charge in [0.1, 0.15) is 0 Å². The van der Waals surface area contributed by atoms with Gasteiger partial charge in [0, 0.05) is 22.4 Å². The van der Waals surface area contributed by atoms with Crippen molar-refractivity contribution in [1.29, 1.82) is 0 Å². The molecule has 122 valence electrons. The Morgan fingerprint density at radius 1 is 0.880 bits per heavy atom. The molecule has 0 fully saturated rings. The van der Waals surface area contributed by atoms with Crippen LogP contribution in [0.25, 0.3) is 21.5 Å². The van der Waals surface area contributed by atoms with E-state index in [1.54, 1.807) is 24.4 Å². The zero-order chi connectivity index (χ0) is 17.4. The molecule has 0 atom stereocenters. The number of rotatable bonds is 2. The van der Waals surface area contributed by atoms with Crippen molar-refractivity contribution >= 4 is 33.4 Å². The molecule has 4 aromatic rings. The molecule has 4 nitrogen and oxygen atoms in total. The Hall–Kier alpha value is -3.40. The number of fused-ring (bicyclic) bond motifs is 2. The predicted molar refractivity (Wildman–Crippen MR) is 102 cm³/mol. The van der Waals surface area contributed by atoms with Crippen molar-refractivity contribution in [2.45, 2.75) is 6.92 Å². The highest BCUT2D eigenvalue weighted by molar-refractivity contribution is 6.03. The Morgan fingerprint density at radius 2 is 1.56 bits per heavy atom. The number of aromatic nitrogens is 1. The number of hydrogen-bond donors (Lipinski definition) is 2. The SMILES string of the molecule is Cc1cccc2c(N=Cc3c(O)[nH]c(=O)c4ccccc34)cccc12. The number of aryl methyl sites for hydroxylation is 1. The number of aromatic amines is 1. The first-order valence-electron chi connectivity index (χ1n) is 8.01. The van der Waals surface area contributed by atoms with Crippen LogP contribution < -0.4 is 5.56 Å². The fraction of sp³-hybridized carbons (Fsp3) is 0.0476. The van der Waals surface area contributed by atoms with Crippen LogP contribution in [0.3, 0.4) is 0 Å². The van der Waals surface area contributed by atoms with Gasteiger partial charge in [-0.2, -0.15) is 0 Å². The summed E-state index contributed by atoms with van der Waals surface area (Å²) in [5.74, 6) is -0.177. The standard InChI is InChI=1S/C21H16N2O2/c1-13-6-4-10-16-14(13)9-5-11-19(16)22-12-18-15-7-2-3-8-17(15)20(24)23-21(18)25/h2-12H,1H3,(H2,23,24,25). The van der Waals surface area contributed by atoms with Crippen LogP contribution in [0.5, 0.6) is 5.88 Å². The summed E-state index contributed by atoms with van der Waals surface area (Å²) in [6.45, 7) is 2.07. The van der Waals surface area contributed by atoms with Crippen LogP contribution in [0.2, 0.25) is 0 Å². The minimum Gasteiger partial charge on any atom is -0.494 e. The van der Waals surface area contributed by atoms with Gasteiger partial charge in [-0.25, -0.2) is 0 Å². The lowest BCUT2D eigenvalue weighted by molar-refractivity contribution is 0.452. The van der Waals surface area contributed by atoms with Crippen molar-refractivity contribution in [3.63, 3.8) is 0 Å². The minimum atomic E-state index is -0.314. The minimum absolute atomic E-state index is 0.177. The highest BCUT2D eigenvalue weighted by atomic mass is 16.3. The molecule has 3 aromatic carbocycles. The van der Waals surface area contributed by atoms with Gasteiger partial charge in [-0.3, -0.25) is 14.8 Å². The molecule has 0 aliphatic rings. The second kappa shape index (κ2) is 5.91. The fourth-order valence-corrected chi connectivity index (χ4v) is 3.11. The summed E-state index contributed by atoms with van der Waals surface area (Å²) >= 11 is 0. The van der Waals surface area contributed by atoms with Crippen molar-refractivity contribution in [3.05, 3.63) is 82.1 Å². The van der Waals surface area contributed by atoms with Crippen LogP contribution >= 0.6 is 0 Å². The molecule has 0 radical (unpaired) electrons. The fourth-order valence-electron chi connectivity index (χ4n) is 3.11. The van der Waals surface area contributed by atoms with E-state index < -0.39 is 0 Å². The van der Waals surface area contributed by atoms with Crippen molar-refractivity contribution < 1.29 is 5.11 Å². The Balaban J connectivity index is 1.91. The van der Waals surface area contributed by atoms with Crippen LogP contribution in [0.4, 0.5) is 5.69 Å². The lowest BCUT2D eigenvalue weighted by atomic mass is 10.0. The van der Waals surface area contributed by atoms with E-state index in [-0.39, 0.29) is 11.4 Å². The van der Waals surface area contributed by atoms with Gasteiger partial charge < -0.3 is 5.11 Å². The topological polar surface area (TPSA) is 65.5 Å². The number of nitrogens with one attached hydrogen (secondary N) is 1. The summed E-state index contributed by atoms with van der Waals surface area (Å²) in [5.41, 5.74) is 2.19. The molecule has 1 aromatic heterocycles. The highest BCUT2D eigenvalue weighted by Gasteiger charge is 2.09. The molecule has 0 saturated heterocycles. The van der Waals surface area contributed by atoms with Crippen LogP contribution in [0.1, 0.15) is 11.1 Å². The third kappa shape index (κ3) is 2.58. The average molecular weight is 328 g/mol. The summed E-state index contributed by atoms with van der Waals surface area (Å²) in [7, 11) is 0. The number of benzene rings is 3. The number of aromatic hydroxyl groups is 1. The normalized spacial score (nSPS) is 11.6. The van der Waals surface area contributed by atoms with E-state index in [1.165, 1.54) is 5.56 Å². The number of aliphatic imine (C=N–C) groups is 1. The van der Waals surface area contributed by atoms with Gasteiger partial charge in [0.15, 0.2) is 0 Å². The first-order valence-corrected chi connectivity index (χ1v) is 8.01. The van der Waals surface area contributed by atoms with E-state index in [9.17, 15) is 9.90 Å². The quantitative estimate of drug-likeness (QED) is 0.534. The van der Waals surface area contributed by atoms with Crippen LogP contribution in [-0.4, -0.2) is 16.3 Å². The van der Waals surface area contributed by atoms with Gasteiger partial charge in [-0.15, -0.1) is 0 Å². The molecule has 4 rings (SSSR count). The number of hydrogen-bond acceptors (Lipinski definition) is 3. The largest absolute Gasteiger partial charge is 0.494 e. The van der Waals surface area contributed by atoms with E-state index in [2.05, 4.69) is 29.0 Å². The second-order valence-electron chi connectivity index (χ2n) is 5.97. The molecular weight excluding hydrogens is 312 g/mol. The smallest absolute Gasteiger partial charge is 0.258 e. The van der Waals surface area contributed by atoms with E-state index in [1.807, 2.05) is 30.3 Å². The van der Waals surface area contributed by atoms with Crippen molar-refractivity contribution in [1.82, 2.24) is 4.98 Å². The lowest BCUT2D eigenvalue weighted by Gasteiger charge is -2.06. The molecule has 0 bridgehead atoms. The van der Waals surface area contributed by atoms with E-state index >= 15 is 0 Å². The summed E-state index contributed by atoms with van der Waals surface area (Å²) in [4.78, 5) is 19.0. The molecule has 2 N–H and O–H groups in total. The summed E-state index contributed by atoms with van der Waals surface area (Å²) in [5, 5.41) is 13.6. The van der Waals surface area contributed by atoms with Crippen LogP contribution in [0.15, 0.2) is 70.5 Å². The Labute approximate surface area is 144 Å². The van der Waals surface area contributed by atoms with E-state index in [4.69, 9.17) is 0 Å². The average Bonchev–Trinajstić information content (AvgIpc) is 2.62. The molecule has 25 heavy (non-hydrogen) atoms. The Kier molecular flexibility index (Phi) is 3.58. The molecule has 0 aliphatic carbocycles. The Morgan fingerprint density at radius 3 is 2.40 bits per heavy atom. The molecule has 0 saturated carbocycles. The van der Waals surface area contributed by atoms with Gasteiger partial charge in [0.05, 0.1) is 11.3 Å². The molecule has 0 spiro atoms. The Bertz CT molecular complexity index is 1190. The first-order chi connectivity index (χ1) is 12.1. The number of nitrogens with zero attached hydrogens (tertiary/aromatic N) is 1. The zero-order valence-corrected chi connectivity index (χ0v) is 13.7. The van der Waals surface area contributed by atoms with Crippen LogP contribution in [-0.2, 0) is 0 Å². The lowest BCUT2D eigenvalue weighted by Crippen LogP contribution is -2.07. The monoisotopic (exact) mass is 328 g/mol. The maximum atomic E-state index is 12.0. The molecule has 0 amide bonds. The van der Waals surface area contributed by atoms with Crippen molar-refractivity contribution in [2.24, 2.45) is 4.99 Å². The van der Waals surface area contributed by atoms with Gasteiger partial charge in [-0.05, 0) is 30.0 Å². The molecule has 0 aliphatic heterocycles. The molecule has 0 unspecified atom stereocenters. The summed E-state index contributed by atoms with van der Waals surface area (Å²) in [6.07, 6.45) is 1.60.